The van der Waals surface area contributed by atoms with Crippen molar-refractivity contribution in [1.29, 1.82) is 0 Å². The summed E-state index contributed by atoms with van der Waals surface area (Å²) in [6.07, 6.45) is 0. The van der Waals surface area contributed by atoms with Crippen molar-refractivity contribution >= 4 is 95.6 Å². The number of thiophene rings is 1. The van der Waals surface area contributed by atoms with E-state index in [2.05, 4.69) is 32.1 Å². The largest absolute Gasteiger partial charge is 0.321 e. The SMILES string of the molecule is O=C(NNC(=O)c1ccc(Cl)cc1Cl)c1ccc(NC(=O)c2sc3cc(Br)ccc3c2Cl)cc1. The summed E-state index contributed by atoms with van der Waals surface area (Å²) in [5, 5.41) is 4.51. The van der Waals surface area contributed by atoms with Crippen LogP contribution in [0.5, 0.6) is 0 Å². The van der Waals surface area contributed by atoms with Gasteiger partial charge in [0.25, 0.3) is 17.7 Å². The first-order valence-electron chi connectivity index (χ1n) is 9.57. The molecule has 3 N–H and O–H groups in total. The molecule has 4 rings (SSSR count). The highest BCUT2D eigenvalue weighted by Gasteiger charge is 2.18. The van der Waals surface area contributed by atoms with Crippen molar-refractivity contribution in [3.8, 4) is 0 Å². The van der Waals surface area contributed by atoms with Crippen LogP contribution in [0.1, 0.15) is 30.4 Å². The van der Waals surface area contributed by atoms with Crippen molar-refractivity contribution in [2.24, 2.45) is 0 Å². The third-order valence-electron chi connectivity index (χ3n) is 4.67. The number of benzene rings is 3. The summed E-state index contributed by atoms with van der Waals surface area (Å²) in [4.78, 5) is 37.7. The molecule has 0 atom stereocenters. The van der Waals surface area contributed by atoms with Crippen molar-refractivity contribution in [2.45, 2.75) is 0 Å². The highest BCUT2D eigenvalue weighted by atomic mass is 79.9. The third kappa shape index (κ3) is 5.37. The zero-order chi connectivity index (χ0) is 24.4. The number of anilines is 1. The number of hydrogen-bond acceptors (Lipinski definition) is 4. The lowest BCUT2D eigenvalue weighted by atomic mass is 10.2. The van der Waals surface area contributed by atoms with Crippen LogP contribution in [0.15, 0.2) is 65.1 Å². The van der Waals surface area contributed by atoms with Crippen LogP contribution >= 0.6 is 62.1 Å². The molecule has 0 aliphatic carbocycles. The molecule has 1 heterocycles. The maximum Gasteiger partial charge on any atom is 0.271 e. The van der Waals surface area contributed by atoms with E-state index in [4.69, 9.17) is 34.8 Å². The Bertz CT molecular complexity index is 1440. The molecule has 3 amide bonds. The van der Waals surface area contributed by atoms with Crippen molar-refractivity contribution < 1.29 is 14.4 Å². The van der Waals surface area contributed by atoms with Gasteiger partial charge in [-0.1, -0.05) is 56.8 Å². The van der Waals surface area contributed by atoms with Crippen LogP contribution < -0.4 is 16.2 Å². The summed E-state index contributed by atoms with van der Waals surface area (Å²) < 4.78 is 1.78. The van der Waals surface area contributed by atoms with E-state index in [0.717, 1.165) is 14.6 Å². The molecule has 0 aliphatic heterocycles. The number of halogens is 4. The van der Waals surface area contributed by atoms with E-state index >= 15 is 0 Å². The van der Waals surface area contributed by atoms with Gasteiger partial charge in [0.2, 0.25) is 0 Å². The summed E-state index contributed by atoms with van der Waals surface area (Å²) >= 11 is 22.9. The molecule has 1 aromatic heterocycles. The molecular weight excluding hydrogens is 585 g/mol. The van der Waals surface area contributed by atoms with Gasteiger partial charge in [-0.15, -0.1) is 11.3 Å². The number of hydrogen-bond donors (Lipinski definition) is 3. The molecular formula is C23H13BrCl3N3O3S. The van der Waals surface area contributed by atoms with Gasteiger partial charge in [0.15, 0.2) is 0 Å². The summed E-state index contributed by atoms with van der Waals surface area (Å²) in [7, 11) is 0. The van der Waals surface area contributed by atoms with E-state index in [1.54, 1.807) is 12.1 Å². The quantitative estimate of drug-likeness (QED) is 0.223. The molecule has 0 spiro atoms. The van der Waals surface area contributed by atoms with Crippen LogP contribution in [0.3, 0.4) is 0 Å². The van der Waals surface area contributed by atoms with E-state index in [9.17, 15) is 14.4 Å². The van der Waals surface area contributed by atoms with Gasteiger partial charge in [0.05, 0.1) is 15.6 Å². The number of rotatable bonds is 4. The minimum absolute atomic E-state index is 0.158. The Labute approximate surface area is 221 Å². The Balaban J connectivity index is 1.39. The summed E-state index contributed by atoms with van der Waals surface area (Å²) in [5.74, 6) is -1.49. The molecule has 11 heteroatoms. The number of fused-ring (bicyclic) bond motifs is 1. The molecule has 6 nitrogen and oxygen atoms in total. The summed E-state index contributed by atoms with van der Waals surface area (Å²) in [5.41, 5.74) is 5.52. The number of carbonyl (C=O) groups is 3. The molecule has 4 aromatic rings. The van der Waals surface area contributed by atoms with Gasteiger partial charge in [-0.25, -0.2) is 0 Å². The maximum atomic E-state index is 12.7. The van der Waals surface area contributed by atoms with Gasteiger partial charge < -0.3 is 5.32 Å². The average Bonchev–Trinajstić information content (AvgIpc) is 3.13. The molecule has 0 radical (unpaired) electrons. The lowest BCUT2D eigenvalue weighted by Gasteiger charge is -2.09. The van der Waals surface area contributed by atoms with E-state index < -0.39 is 11.8 Å². The first-order chi connectivity index (χ1) is 16.2. The van der Waals surface area contributed by atoms with E-state index in [1.807, 2.05) is 18.2 Å². The van der Waals surface area contributed by atoms with Gasteiger partial charge in [-0.2, -0.15) is 0 Å². The average molecular weight is 598 g/mol. The van der Waals surface area contributed by atoms with Crippen molar-refractivity contribution in [3.63, 3.8) is 0 Å². The Kier molecular flexibility index (Phi) is 7.45. The Hall–Kier alpha value is -2.62. The first-order valence-corrected chi connectivity index (χ1v) is 12.3. The van der Waals surface area contributed by atoms with Crippen molar-refractivity contribution in [2.75, 3.05) is 5.32 Å². The Morgan fingerprint density at radius 1 is 0.794 bits per heavy atom. The summed E-state index contributed by atoms with van der Waals surface area (Å²) in [6, 6.07) is 16.2. The van der Waals surface area contributed by atoms with Crippen LogP contribution in [-0.4, -0.2) is 17.7 Å². The summed E-state index contributed by atoms with van der Waals surface area (Å²) in [6.45, 7) is 0. The van der Waals surface area contributed by atoms with Gasteiger partial charge in [0.1, 0.15) is 4.88 Å². The van der Waals surface area contributed by atoms with Crippen LogP contribution in [0, 0.1) is 0 Å². The number of carbonyl (C=O) groups excluding carboxylic acids is 3. The molecule has 3 aromatic carbocycles. The normalized spacial score (nSPS) is 10.7. The highest BCUT2D eigenvalue weighted by Crippen LogP contribution is 2.37. The van der Waals surface area contributed by atoms with Crippen LogP contribution in [0.4, 0.5) is 5.69 Å². The van der Waals surface area contributed by atoms with Crippen molar-refractivity contribution in [1.82, 2.24) is 10.9 Å². The zero-order valence-corrected chi connectivity index (χ0v) is 21.6. The van der Waals surface area contributed by atoms with E-state index in [1.165, 1.54) is 41.7 Å². The minimum Gasteiger partial charge on any atom is -0.321 e. The van der Waals surface area contributed by atoms with Gasteiger partial charge in [-0.3, -0.25) is 25.2 Å². The van der Waals surface area contributed by atoms with Gasteiger partial charge in [-0.05, 0) is 54.6 Å². The molecule has 34 heavy (non-hydrogen) atoms. The molecule has 172 valence electrons. The highest BCUT2D eigenvalue weighted by molar-refractivity contribution is 9.10. The minimum atomic E-state index is -0.592. The number of nitrogens with one attached hydrogen (secondary N) is 3. The zero-order valence-electron chi connectivity index (χ0n) is 16.9. The molecule has 0 fully saturated rings. The van der Waals surface area contributed by atoms with Crippen LogP contribution in [-0.2, 0) is 0 Å². The fourth-order valence-corrected chi connectivity index (χ4v) is 5.46. The maximum absolute atomic E-state index is 12.7. The molecule has 0 saturated carbocycles. The Morgan fingerprint density at radius 2 is 1.50 bits per heavy atom. The van der Waals surface area contributed by atoms with E-state index in [0.29, 0.717) is 20.6 Å². The topological polar surface area (TPSA) is 87.3 Å². The number of hydrazine groups is 1. The van der Waals surface area contributed by atoms with E-state index in [-0.39, 0.29) is 22.1 Å². The predicted octanol–water partition coefficient (Wildman–Crippen LogP) is 6.95. The molecule has 0 saturated heterocycles. The standard InChI is InChI=1S/C23H13BrCl3N3O3S/c24-12-3-7-16-18(9-12)34-20(19(16)27)23(33)28-14-5-1-11(2-6-14)21(31)29-30-22(32)15-8-4-13(25)10-17(15)26/h1-10H,(H,28,33)(H,29,31)(H,30,32). The lowest BCUT2D eigenvalue weighted by molar-refractivity contribution is 0.0847. The third-order valence-corrected chi connectivity index (χ3v) is 7.37. The first kappa shape index (κ1) is 24.5. The van der Waals surface area contributed by atoms with Gasteiger partial charge >= 0.3 is 0 Å². The van der Waals surface area contributed by atoms with Crippen LogP contribution in [0.2, 0.25) is 15.1 Å². The monoisotopic (exact) mass is 595 g/mol. The Morgan fingerprint density at radius 3 is 2.21 bits per heavy atom. The molecule has 0 aliphatic rings. The smallest absolute Gasteiger partial charge is 0.271 e. The fraction of sp³-hybridized carbons (Fsp3) is 0. The molecule has 0 unspecified atom stereocenters. The second-order valence-electron chi connectivity index (χ2n) is 6.95. The van der Waals surface area contributed by atoms with Crippen molar-refractivity contribution in [3.05, 3.63) is 96.2 Å². The number of amides is 3. The second kappa shape index (κ2) is 10.3. The lowest BCUT2D eigenvalue weighted by Crippen LogP contribution is -2.41. The molecule has 0 bridgehead atoms. The predicted molar refractivity (Wildman–Crippen MR) is 140 cm³/mol. The van der Waals surface area contributed by atoms with Crippen LogP contribution in [0.25, 0.3) is 10.1 Å². The van der Waals surface area contributed by atoms with Gasteiger partial charge in [0, 0.05) is 30.8 Å². The second-order valence-corrected chi connectivity index (χ2v) is 10.1. The fourth-order valence-electron chi connectivity index (χ4n) is 3.00.